The molecule has 1 aliphatic heterocycles. The van der Waals surface area contributed by atoms with Crippen LogP contribution < -0.4 is 17.6 Å². The summed E-state index contributed by atoms with van der Waals surface area (Å²) in [5, 5.41) is 5.20. The molecule has 0 aliphatic carbocycles. The van der Waals surface area contributed by atoms with E-state index >= 15 is 0 Å². The third-order valence-electron chi connectivity index (χ3n) is 11.9. The Morgan fingerprint density at radius 2 is 1.07 bits per heavy atom. The molecular weight excluding hydrogens is 771 g/mol. The molecule has 0 fully saturated rings. The molecule has 4 heterocycles. The van der Waals surface area contributed by atoms with Crippen LogP contribution in [0.1, 0.15) is 0 Å². The molecule has 11 aromatic rings. The van der Waals surface area contributed by atoms with E-state index in [4.69, 9.17) is 9.97 Å². The van der Waals surface area contributed by atoms with E-state index in [9.17, 15) is 0 Å². The molecule has 0 atom stereocenters. The normalized spacial score (nSPS) is 13.1. The Kier molecular flexibility index (Phi) is 7.28. The second kappa shape index (κ2) is 12.7. The van der Waals surface area contributed by atoms with E-state index in [0.717, 1.165) is 34.0 Å². The van der Waals surface area contributed by atoms with E-state index in [-0.39, 0.29) is 0 Å². The van der Waals surface area contributed by atoms with Crippen LogP contribution in [0, 0.1) is 0 Å². The molecule has 0 saturated carbocycles. The first-order chi connectivity index (χ1) is 28.3. The number of benzene rings is 8. The van der Waals surface area contributed by atoms with Crippen molar-refractivity contribution in [3.8, 4) is 39.6 Å². The second-order valence-corrected chi connectivity index (χ2v) is 23.7. The number of para-hydroxylation sites is 1. The molecule has 0 amide bonds. The summed E-state index contributed by atoms with van der Waals surface area (Å²) in [6.45, 7) is 0. The molecule has 8 aromatic carbocycles. The van der Waals surface area contributed by atoms with E-state index in [2.05, 4.69) is 205 Å². The van der Waals surface area contributed by atoms with Crippen LogP contribution in [-0.4, -0.2) is 27.8 Å². The molecule has 5 heteroatoms. The van der Waals surface area contributed by atoms with Crippen molar-refractivity contribution < 1.29 is 0 Å². The fraction of sp³-hybridized carbons (Fsp3) is 0. The third-order valence-corrected chi connectivity index (χ3v) is 23.2. The second-order valence-electron chi connectivity index (χ2n) is 14.8. The van der Waals surface area contributed by atoms with Crippen molar-refractivity contribution in [2.24, 2.45) is 0 Å². The number of fused-ring (bicyclic) bond motifs is 10. The number of rotatable bonds is 5. The number of nitrogens with zero attached hydrogens (tertiary/aromatic N) is 3. The summed E-state index contributed by atoms with van der Waals surface area (Å²) in [5.74, 6) is 0.732. The number of hydrogen-bond donors (Lipinski definition) is 0. The minimum atomic E-state index is -3.64. The summed E-state index contributed by atoms with van der Waals surface area (Å²) in [4.78, 5) is 11.3. The van der Waals surface area contributed by atoms with E-state index in [1.165, 1.54) is 65.1 Å². The quantitative estimate of drug-likeness (QED) is 0.162. The SMILES string of the molecule is c1ccc(-c2nc(-c3cccc(-n4c5ccccc5c5c6c(ccc54)sc4ccccc46)c3)nc3[c]2[Ge]([c]2ccccc2)([c]2ccccc2)[c]2ccccc2-3)cc1. The van der Waals surface area contributed by atoms with Gasteiger partial charge in [0.25, 0.3) is 0 Å². The monoisotopic (exact) mass is 805 g/mol. The zero-order chi connectivity index (χ0) is 37.5. The predicted molar refractivity (Wildman–Crippen MR) is 243 cm³/mol. The Labute approximate surface area is 336 Å². The fourth-order valence-electron chi connectivity index (χ4n) is 9.58. The number of hydrogen-bond acceptors (Lipinski definition) is 3. The predicted octanol–water partition coefficient (Wildman–Crippen LogP) is 10.6. The van der Waals surface area contributed by atoms with Gasteiger partial charge in [-0.1, -0.05) is 18.2 Å². The van der Waals surface area contributed by atoms with Crippen LogP contribution in [0.3, 0.4) is 0 Å². The van der Waals surface area contributed by atoms with Crippen molar-refractivity contribution in [2.75, 3.05) is 0 Å². The van der Waals surface area contributed by atoms with E-state index in [1.807, 2.05) is 11.3 Å². The molecule has 1 aliphatic rings. The van der Waals surface area contributed by atoms with Crippen molar-refractivity contribution in [2.45, 2.75) is 0 Å². The Morgan fingerprint density at radius 3 is 1.86 bits per heavy atom. The molecule has 0 spiro atoms. The topological polar surface area (TPSA) is 30.7 Å². The van der Waals surface area contributed by atoms with Gasteiger partial charge >= 0.3 is 298 Å². The van der Waals surface area contributed by atoms with Crippen LogP contribution in [0.2, 0.25) is 0 Å². The van der Waals surface area contributed by atoms with Crippen LogP contribution >= 0.6 is 11.3 Å². The van der Waals surface area contributed by atoms with E-state index < -0.39 is 13.3 Å². The van der Waals surface area contributed by atoms with Crippen molar-refractivity contribution in [1.29, 1.82) is 0 Å². The van der Waals surface area contributed by atoms with Crippen LogP contribution in [0.25, 0.3) is 81.6 Å². The van der Waals surface area contributed by atoms with E-state index in [1.54, 1.807) is 0 Å². The Bertz CT molecular complexity index is 3310. The van der Waals surface area contributed by atoms with Gasteiger partial charge in [-0.3, -0.25) is 0 Å². The first kappa shape index (κ1) is 32.6. The zero-order valence-electron chi connectivity index (χ0n) is 30.8. The molecule has 0 saturated heterocycles. The average molecular weight is 805 g/mol. The molecule has 0 radical (unpaired) electrons. The molecule has 266 valence electrons. The van der Waals surface area contributed by atoms with Crippen LogP contribution in [0.4, 0.5) is 0 Å². The maximum absolute atomic E-state index is 5.66. The van der Waals surface area contributed by atoms with Crippen molar-refractivity contribution in [3.63, 3.8) is 0 Å². The van der Waals surface area contributed by atoms with Crippen LogP contribution in [0.15, 0.2) is 200 Å². The zero-order valence-corrected chi connectivity index (χ0v) is 33.7. The average Bonchev–Trinajstić information content (AvgIpc) is 3.93. The van der Waals surface area contributed by atoms with Crippen molar-refractivity contribution >= 4 is 84.2 Å². The van der Waals surface area contributed by atoms with Gasteiger partial charge in [-0.2, -0.15) is 0 Å². The first-order valence-corrected chi connectivity index (χ1v) is 24.4. The first-order valence-electron chi connectivity index (χ1n) is 19.4. The maximum atomic E-state index is 5.66. The summed E-state index contributed by atoms with van der Waals surface area (Å²) < 4.78 is 10.5. The van der Waals surface area contributed by atoms with Crippen molar-refractivity contribution in [3.05, 3.63) is 200 Å². The Hall–Kier alpha value is -6.60. The number of aromatic nitrogens is 3. The van der Waals surface area contributed by atoms with E-state index in [0.29, 0.717) is 0 Å². The minimum absolute atomic E-state index is 0.732. The van der Waals surface area contributed by atoms with Gasteiger partial charge in [0, 0.05) is 4.70 Å². The van der Waals surface area contributed by atoms with Gasteiger partial charge in [0.1, 0.15) is 0 Å². The van der Waals surface area contributed by atoms with Gasteiger partial charge < -0.3 is 0 Å². The Morgan fingerprint density at radius 1 is 0.439 bits per heavy atom. The summed E-state index contributed by atoms with van der Waals surface area (Å²) in [6.07, 6.45) is 0. The fourth-order valence-corrected chi connectivity index (χ4v) is 21.7. The summed E-state index contributed by atoms with van der Waals surface area (Å²) in [6, 6.07) is 73.2. The van der Waals surface area contributed by atoms with Gasteiger partial charge in [0.15, 0.2) is 0 Å². The summed E-state index contributed by atoms with van der Waals surface area (Å²) in [7, 11) is 0. The van der Waals surface area contributed by atoms with Gasteiger partial charge in [-0.15, -0.1) is 11.3 Å². The molecule has 0 unspecified atom stereocenters. The summed E-state index contributed by atoms with van der Waals surface area (Å²) >= 11 is -1.77. The summed E-state index contributed by atoms with van der Waals surface area (Å²) in [5.41, 5.74) is 8.85. The molecule has 0 bridgehead atoms. The molecule has 57 heavy (non-hydrogen) atoms. The standard InChI is InChI=1S/C52H33GeN3S/c1-4-17-34(18-5-1)50-49-51(39-25-10-13-28-42(39)53(49,36-20-6-2-7-21-36)37-22-8-3-9-23-37)55-52(54-50)35-19-16-24-38(33-35)56-43-29-14-11-26-40(43)47-44(56)31-32-46-48(47)41-27-12-15-30-45(41)57-46/h1-33H. The van der Waals surface area contributed by atoms with Crippen LogP contribution in [-0.2, 0) is 0 Å². The third kappa shape index (κ3) is 4.72. The van der Waals surface area contributed by atoms with Crippen LogP contribution in [0.5, 0.6) is 0 Å². The Balaban J connectivity index is 1.14. The molecular formula is C52H33GeN3S. The van der Waals surface area contributed by atoms with Crippen molar-refractivity contribution in [1.82, 2.24) is 14.5 Å². The molecule has 0 N–H and O–H groups in total. The molecule has 3 aromatic heterocycles. The molecule has 3 nitrogen and oxygen atoms in total. The number of thiophene rings is 1. The van der Waals surface area contributed by atoms with Gasteiger partial charge in [-0.25, -0.2) is 0 Å². The van der Waals surface area contributed by atoms with Gasteiger partial charge in [-0.05, 0) is 6.07 Å². The molecule has 12 rings (SSSR count). The van der Waals surface area contributed by atoms with Gasteiger partial charge in [0.05, 0.1) is 0 Å². The van der Waals surface area contributed by atoms with Gasteiger partial charge in [0.2, 0.25) is 0 Å².